The maximum absolute atomic E-state index is 11.6. The minimum atomic E-state index is -3.11. The summed E-state index contributed by atoms with van der Waals surface area (Å²) in [5.74, 6) is 0.0390. The molecule has 1 N–H and O–H groups in total. The van der Waals surface area contributed by atoms with E-state index in [0.717, 1.165) is 13.1 Å². The maximum Gasteiger partial charge on any atom is 0.217 e. The Labute approximate surface area is 79.7 Å². The molecule has 1 saturated heterocycles. The molecule has 1 rings (SSSR count). The van der Waals surface area contributed by atoms with Crippen molar-refractivity contribution in [2.24, 2.45) is 0 Å². The van der Waals surface area contributed by atoms with Crippen molar-refractivity contribution < 1.29 is 8.42 Å². The fourth-order valence-corrected chi connectivity index (χ4v) is 2.96. The van der Waals surface area contributed by atoms with Gasteiger partial charge in [0.25, 0.3) is 0 Å². The molecule has 0 aromatic rings. The van der Waals surface area contributed by atoms with E-state index in [1.54, 1.807) is 4.31 Å². The van der Waals surface area contributed by atoms with Crippen LogP contribution in [-0.2, 0) is 10.0 Å². The molecule has 0 spiro atoms. The van der Waals surface area contributed by atoms with Crippen molar-refractivity contribution in [1.82, 2.24) is 9.62 Å². The molecule has 1 aliphatic rings. The minimum absolute atomic E-state index is 0.0390. The third kappa shape index (κ3) is 2.52. The second-order valence-corrected chi connectivity index (χ2v) is 5.20. The predicted molar refractivity (Wildman–Crippen MR) is 53.0 cm³/mol. The highest BCUT2D eigenvalue weighted by Gasteiger charge is 2.27. The summed E-state index contributed by atoms with van der Waals surface area (Å²) in [6, 6.07) is 0.0544. The van der Waals surface area contributed by atoms with Gasteiger partial charge in [0.15, 0.2) is 0 Å². The molecule has 0 aliphatic carbocycles. The van der Waals surface area contributed by atoms with Gasteiger partial charge in [0, 0.05) is 25.7 Å². The van der Waals surface area contributed by atoms with Crippen LogP contribution < -0.4 is 5.32 Å². The lowest BCUT2D eigenvalue weighted by molar-refractivity contribution is 0.285. The first kappa shape index (κ1) is 10.7. The Bertz CT molecular complexity index is 274. The molecule has 0 bridgehead atoms. The molecule has 0 unspecified atom stereocenters. The molecular weight excluding hydrogens is 188 g/mol. The van der Waals surface area contributed by atoms with E-state index in [9.17, 15) is 8.42 Å². The Morgan fingerprint density at radius 1 is 1.69 bits per heavy atom. The largest absolute Gasteiger partial charge is 0.314 e. The van der Waals surface area contributed by atoms with Crippen LogP contribution in [0, 0.1) is 0 Å². The summed E-state index contributed by atoms with van der Waals surface area (Å²) < 4.78 is 24.8. The van der Waals surface area contributed by atoms with E-state index in [4.69, 9.17) is 0 Å². The molecule has 76 valence electrons. The van der Waals surface area contributed by atoms with E-state index < -0.39 is 10.0 Å². The molecule has 0 aromatic carbocycles. The summed E-state index contributed by atoms with van der Waals surface area (Å²) in [5, 5.41) is 3.15. The molecule has 13 heavy (non-hydrogen) atoms. The smallest absolute Gasteiger partial charge is 0.217 e. The molecule has 1 heterocycles. The van der Waals surface area contributed by atoms with E-state index in [0.29, 0.717) is 6.54 Å². The van der Waals surface area contributed by atoms with Gasteiger partial charge in [-0.1, -0.05) is 6.08 Å². The van der Waals surface area contributed by atoms with Gasteiger partial charge in [-0.3, -0.25) is 0 Å². The Balaban J connectivity index is 2.73. The molecular formula is C8H16N2O2S. The summed E-state index contributed by atoms with van der Waals surface area (Å²) >= 11 is 0. The first-order valence-corrected chi connectivity index (χ1v) is 6.00. The fourth-order valence-electron chi connectivity index (χ4n) is 1.48. The number of rotatable bonds is 3. The molecule has 4 nitrogen and oxygen atoms in total. The summed E-state index contributed by atoms with van der Waals surface area (Å²) in [6.07, 6.45) is 1.43. The van der Waals surface area contributed by atoms with Crippen LogP contribution in [0.25, 0.3) is 0 Å². The molecule has 1 atom stereocenters. The zero-order valence-corrected chi connectivity index (χ0v) is 8.68. The van der Waals surface area contributed by atoms with Gasteiger partial charge < -0.3 is 5.32 Å². The second kappa shape index (κ2) is 4.21. The number of hydrogen-bond donors (Lipinski definition) is 1. The van der Waals surface area contributed by atoms with Crippen molar-refractivity contribution in [2.45, 2.75) is 13.0 Å². The van der Waals surface area contributed by atoms with E-state index in [1.807, 2.05) is 6.92 Å². The zero-order chi connectivity index (χ0) is 9.90. The van der Waals surface area contributed by atoms with Crippen LogP contribution in [0.1, 0.15) is 6.92 Å². The predicted octanol–water partition coefficient (Wildman–Crippen LogP) is -0.204. The average Bonchev–Trinajstić information content (AvgIpc) is 2.04. The zero-order valence-electron chi connectivity index (χ0n) is 7.86. The van der Waals surface area contributed by atoms with Crippen molar-refractivity contribution in [3.8, 4) is 0 Å². The van der Waals surface area contributed by atoms with Gasteiger partial charge in [0.05, 0.1) is 5.75 Å². The van der Waals surface area contributed by atoms with Crippen LogP contribution in [0.15, 0.2) is 12.7 Å². The van der Waals surface area contributed by atoms with Crippen molar-refractivity contribution >= 4 is 10.0 Å². The standard InChI is InChI=1S/C8H16N2O2S/c1-3-6-13(11,12)10-5-4-9-7-8(10)2/h3,8-9H,1,4-7H2,2H3/t8-/m0/s1. The van der Waals surface area contributed by atoms with Gasteiger partial charge in [-0.05, 0) is 6.92 Å². The lowest BCUT2D eigenvalue weighted by atomic mass is 10.3. The second-order valence-electron chi connectivity index (χ2n) is 3.23. The first-order chi connectivity index (χ1) is 6.08. The first-order valence-electron chi connectivity index (χ1n) is 4.39. The molecule has 0 saturated carbocycles. The van der Waals surface area contributed by atoms with Crippen LogP contribution in [0.5, 0.6) is 0 Å². The van der Waals surface area contributed by atoms with Crippen molar-refractivity contribution in [3.63, 3.8) is 0 Å². The highest BCUT2D eigenvalue weighted by molar-refractivity contribution is 7.89. The Hall–Kier alpha value is -0.390. The van der Waals surface area contributed by atoms with Crippen LogP contribution in [-0.4, -0.2) is 44.2 Å². The van der Waals surface area contributed by atoms with Gasteiger partial charge in [-0.25, -0.2) is 8.42 Å². The Morgan fingerprint density at radius 3 is 2.92 bits per heavy atom. The number of sulfonamides is 1. The normalized spacial score (nSPS) is 25.8. The monoisotopic (exact) mass is 204 g/mol. The number of hydrogen-bond acceptors (Lipinski definition) is 3. The lowest BCUT2D eigenvalue weighted by Crippen LogP contribution is -2.52. The van der Waals surface area contributed by atoms with Gasteiger partial charge >= 0.3 is 0 Å². The lowest BCUT2D eigenvalue weighted by Gasteiger charge is -2.32. The third-order valence-electron chi connectivity index (χ3n) is 2.13. The number of nitrogens with zero attached hydrogens (tertiary/aromatic N) is 1. The summed E-state index contributed by atoms with van der Waals surface area (Å²) in [5.41, 5.74) is 0. The highest BCUT2D eigenvalue weighted by Crippen LogP contribution is 2.09. The van der Waals surface area contributed by atoms with Gasteiger partial charge in [-0.2, -0.15) is 4.31 Å². The molecule has 0 aromatic heterocycles. The Kier molecular flexibility index (Phi) is 3.47. The molecule has 1 aliphatic heterocycles. The average molecular weight is 204 g/mol. The van der Waals surface area contributed by atoms with Crippen molar-refractivity contribution in [2.75, 3.05) is 25.4 Å². The van der Waals surface area contributed by atoms with Crippen LogP contribution in [0.4, 0.5) is 0 Å². The quantitative estimate of drug-likeness (QED) is 0.647. The van der Waals surface area contributed by atoms with E-state index >= 15 is 0 Å². The SMILES string of the molecule is C=CCS(=O)(=O)N1CCNC[C@@H]1C. The van der Waals surface area contributed by atoms with Crippen LogP contribution >= 0.6 is 0 Å². The van der Waals surface area contributed by atoms with Crippen molar-refractivity contribution in [3.05, 3.63) is 12.7 Å². The third-order valence-corrected chi connectivity index (χ3v) is 4.04. The van der Waals surface area contributed by atoms with Crippen molar-refractivity contribution in [1.29, 1.82) is 0 Å². The van der Waals surface area contributed by atoms with Gasteiger partial charge in [0.2, 0.25) is 10.0 Å². The maximum atomic E-state index is 11.6. The Morgan fingerprint density at radius 2 is 2.38 bits per heavy atom. The van der Waals surface area contributed by atoms with E-state index in [2.05, 4.69) is 11.9 Å². The van der Waals surface area contributed by atoms with E-state index in [-0.39, 0.29) is 11.8 Å². The summed E-state index contributed by atoms with van der Waals surface area (Å²) in [6.45, 7) is 7.39. The number of piperazine rings is 1. The topological polar surface area (TPSA) is 49.4 Å². The molecule has 0 amide bonds. The fraction of sp³-hybridized carbons (Fsp3) is 0.750. The minimum Gasteiger partial charge on any atom is -0.314 e. The molecule has 0 radical (unpaired) electrons. The van der Waals surface area contributed by atoms with Crippen LogP contribution in [0.2, 0.25) is 0 Å². The van der Waals surface area contributed by atoms with Crippen LogP contribution in [0.3, 0.4) is 0 Å². The van der Waals surface area contributed by atoms with E-state index in [1.165, 1.54) is 6.08 Å². The highest BCUT2D eigenvalue weighted by atomic mass is 32.2. The summed E-state index contributed by atoms with van der Waals surface area (Å²) in [7, 11) is -3.11. The molecule has 5 heteroatoms. The van der Waals surface area contributed by atoms with Gasteiger partial charge in [0.1, 0.15) is 0 Å². The number of nitrogens with one attached hydrogen (secondary N) is 1. The van der Waals surface area contributed by atoms with Gasteiger partial charge in [-0.15, -0.1) is 6.58 Å². The summed E-state index contributed by atoms with van der Waals surface area (Å²) in [4.78, 5) is 0. The molecule has 1 fully saturated rings.